The van der Waals surface area contributed by atoms with Crippen LogP contribution in [-0.4, -0.2) is 0 Å². The molecule has 2 rings (SSSR count). The van der Waals surface area contributed by atoms with Gasteiger partial charge in [-0.3, -0.25) is 0 Å². The van der Waals surface area contributed by atoms with Crippen molar-refractivity contribution >= 4 is 28.9 Å². The molecule has 0 bridgehead atoms. The first-order valence-corrected chi connectivity index (χ1v) is 6.26. The predicted octanol–water partition coefficient (Wildman–Crippen LogP) is 5.05. The minimum absolute atomic E-state index is 0.327. The molecule has 0 radical (unpaired) electrons. The molecule has 4 heteroatoms. The lowest BCUT2D eigenvalue weighted by Crippen LogP contribution is -2.03. The lowest BCUT2D eigenvalue weighted by atomic mass is 10.1. The number of hydrogen-bond donors (Lipinski definition) is 1. The molecule has 0 spiro atoms. The van der Waals surface area contributed by atoms with Crippen LogP contribution in [0.4, 0.5) is 10.1 Å². The lowest BCUT2D eigenvalue weighted by Gasteiger charge is -2.11. The second kappa shape index (κ2) is 5.59. The molecule has 0 aliphatic carbocycles. The summed E-state index contributed by atoms with van der Waals surface area (Å²) in [5, 5.41) is 4.08. The molecule has 0 saturated heterocycles. The second-order valence-electron chi connectivity index (χ2n) is 4.02. The van der Waals surface area contributed by atoms with E-state index in [9.17, 15) is 4.39 Å². The van der Waals surface area contributed by atoms with Gasteiger partial charge < -0.3 is 5.32 Å². The van der Waals surface area contributed by atoms with Crippen LogP contribution in [0.3, 0.4) is 0 Å². The van der Waals surface area contributed by atoms with Crippen molar-refractivity contribution in [3.05, 3.63) is 63.4 Å². The highest BCUT2D eigenvalue weighted by molar-refractivity contribution is 6.33. The van der Waals surface area contributed by atoms with Crippen molar-refractivity contribution in [3.8, 4) is 0 Å². The van der Waals surface area contributed by atoms with Crippen LogP contribution in [0.5, 0.6) is 0 Å². The van der Waals surface area contributed by atoms with Gasteiger partial charge in [0.15, 0.2) is 0 Å². The van der Waals surface area contributed by atoms with E-state index in [2.05, 4.69) is 5.32 Å². The van der Waals surface area contributed by atoms with E-state index in [1.54, 1.807) is 12.1 Å². The molecule has 0 atom stereocenters. The molecule has 0 aliphatic rings. The zero-order valence-corrected chi connectivity index (χ0v) is 11.3. The topological polar surface area (TPSA) is 12.0 Å². The number of benzene rings is 2. The van der Waals surface area contributed by atoms with Crippen molar-refractivity contribution in [2.45, 2.75) is 13.5 Å². The van der Waals surface area contributed by atoms with Gasteiger partial charge in [-0.05, 0) is 42.3 Å². The van der Waals surface area contributed by atoms with E-state index in [1.807, 2.05) is 25.1 Å². The molecule has 94 valence electrons. The summed E-state index contributed by atoms with van der Waals surface area (Å²) in [5.41, 5.74) is 2.44. The van der Waals surface area contributed by atoms with Gasteiger partial charge in [-0.1, -0.05) is 35.3 Å². The number of anilines is 1. The number of halogens is 3. The Balaban J connectivity index is 2.16. The maximum absolute atomic E-state index is 13.5. The van der Waals surface area contributed by atoms with E-state index in [0.717, 1.165) is 11.1 Å². The summed E-state index contributed by atoms with van der Waals surface area (Å²) in [5.74, 6) is -0.353. The Morgan fingerprint density at radius 2 is 1.94 bits per heavy atom. The molecule has 1 N–H and O–H groups in total. The maximum Gasteiger partial charge on any atom is 0.147 e. The van der Waals surface area contributed by atoms with Crippen LogP contribution in [0.15, 0.2) is 36.4 Å². The standard InChI is InChI=1S/C14H12Cl2FN/c1-9-7-11(15)6-5-10(9)8-18-14-12(16)3-2-4-13(14)17/h2-7,18H,8H2,1H3. The minimum Gasteiger partial charge on any atom is -0.377 e. The highest BCUT2D eigenvalue weighted by atomic mass is 35.5. The van der Waals surface area contributed by atoms with Gasteiger partial charge in [0.05, 0.1) is 10.7 Å². The molecule has 0 saturated carbocycles. The number of rotatable bonds is 3. The fourth-order valence-electron chi connectivity index (χ4n) is 1.71. The first-order chi connectivity index (χ1) is 8.58. The Hall–Kier alpha value is -1.25. The Morgan fingerprint density at radius 3 is 2.61 bits per heavy atom. The SMILES string of the molecule is Cc1cc(Cl)ccc1CNc1c(F)cccc1Cl. The summed E-state index contributed by atoms with van der Waals surface area (Å²) >= 11 is 11.8. The van der Waals surface area contributed by atoms with E-state index < -0.39 is 0 Å². The largest absolute Gasteiger partial charge is 0.377 e. The first kappa shape index (κ1) is 13.2. The fraction of sp³-hybridized carbons (Fsp3) is 0.143. The quantitative estimate of drug-likeness (QED) is 0.831. The van der Waals surface area contributed by atoms with E-state index in [-0.39, 0.29) is 5.82 Å². The molecule has 0 fully saturated rings. The highest BCUT2D eigenvalue weighted by Crippen LogP contribution is 2.25. The lowest BCUT2D eigenvalue weighted by molar-refractivity contribution is 0.630. The summed E-state index contributed by atoms with van der Waals surface area (Å²) in [6.45, 7) is 2.47. The molecular weight excluding hydrogens is 272 g/mol. The number of hydrogen-bond acceptors (Lipinski definition) is 1. The van der Waals surface area contributed by atoms with Crippen molar-refractivity contribution in [1.82, 2.24) is 0 Å². The first-order valence-electron chi connectivity index (χ1n) is 5.51. The van der Waals surface area contributed by atoms with Crippen LogP contribution in [-0.2, 0) is 6.54 Å². The number of para-hydroxylation sites is 1. The van der Waals surface area contributed by atoms with Crippen molar-refractivity contribution in [1.29, 1.82) is 0 Å². The van der Waals surface area contributed by atoms with Gasteiger partial charge in [0, 0.05) is 11.6 Å². The molecule has 0 aromatic heterocycles. The summed E-state index contributed by atoms with van der Waals surface area (Å²) in [6.07, 6.45) is 0. The Kier molecular flexibility index (Phi) is 4.10. The zero-order valence-electron chi connectivity index (χ0n) is 9.81. The third-order valence-corrected chi connectivity index (χ3v) is 3.27. The molecule has 18 heavy (non-hydrogen) atoms. The van der Waals surface area contributed by atoms with Gasteiger partial charge in [0.2, 0.25) is 0 Å². The van der Waals surface area contributed by atoms with Crippen LogP contribution in [0.1, 0.15) is 11.1 Å². The van der Waals surface area contributed by atoms with Crippen molar-refractivity contribution < 1.29 is 4.39 Å². The molecule has 2 aromatic carbocycles. The summed E-state index contributed by atoms with van der Waals surface area (Å²) in [7, 11) is 0. The fourth-order valence-corrected chi connectivity index (χ4v) is 2.16. The minimum atomic E-state index is -0.353. The maximum atomic E-state index is 13.5. The molecule has 0 aliphatic heterocycles. The summed E-state index contributed by atoms with van der Waals surface area (Å²) < 4.78 is 13.5. The Labute approximate surface area is 116 Å². The van der Waals surface area contributed by atoms with E-state index in [1.165, 1.54) is 6.07 Å². The van der Waals surface area contributed by atoms with Crippen LogP contribution >= 0.6 is 23.2 Å². The number of nitrogens with one attached hydrogen (secondary N) is 1. The van der Waals surface area contributed by atoms with Crippen LogP contribution in [0.25, 0.3) is 0 Å². The van der Waals surface area contributed by atoms with Gasteiger partial charge in [0.25, 0.3) is 0 Å². The van der Waals surface area contributed by atoms with Gasteiger partial charge in [-0.15, -0.1) is 0 Å². The van der Waals surface area contributed by atoms with Crippen molar-refractivity contribution in [3.63, 3.8) is 0 Å². The van der Waals surface area contributed by atoms with Gasteiger partial charge in [0.1, 0.15) is 5.82 Å². The summed E-state index contributed by atoms with van der Waals surface area (Å²) in [6, 6.07) is 10.2. The molecule has 2 aromatic rings. The van der Waals surface area contributed by atoms with E-state index >= 15 is 0 Å². The normalized spacial score (nSPS) is 10.4. The molecular formula is C14H12Cl2FN. The molecule has 0 amide bonds. The molecule has 1 nitrogen and oxygen atoms in total. The van der Waals surface area contributed by atoms with Crippen molar-refractivity contribution in [2.24, 2.45) is 0 Å². The average Bonchev–Trinajstić information content (AvgIpc) is 2.31. The monoisotopic (exact) mass is 283 g/mol. The average molecular weight is 284 g/mol. The second-order valence-corrected chi connectivity index (χ2v) is 4.86. The van der Waals surface area contributed by atoms with E-state index in [4.69, 9.17) is 23.2 Å². The highest BCUT2D eigenvalue weighted by Gasteiger charge is 2.07. The predicted molar refractivity (Wildman–Crippen MR) is 74.9 cm³/mol. The third kappa shape index (κ3) is 2.95. The van der Waals surface area contributed by atoms with Gasteiger partial charge in [-0.2, -0.15) is 0 Å². The van der Waals surface area contributed by atoms with Gasteiger partial charge in [-0.25, -0.2) is 4.39 Å². The molecule has 0 unspecified atom stereocenters. The Bertz CT molecular complexity index is 549. The third-order valence-electron chi connectivity index (χ3n) is 2.72. The Morgan fingerprint density at radius 1 is 1.17 bits per heavy atom. The molecule has 0 heterocycles. The van der Waals surface area contributed by atoms with Crippen LogP contribution in [0.2, 0.25) is 10.0 Å². The smallest absolute Gasteiger partial charge is 0.147 e. The van der Waals surface area contributed by atoms with Crippen LogP contribution < -0.4 is 5.32 Å². The van der Waals surface area contributed by atoms with E-state index in [0.29, 0.717) is 22.3 Å². The summed E-state index contributed by atoms with van der Waals surface area (Å²) in [4.78, 5) is 0. The van der Waals surface area contributed by atoms with Crippen LogP contribution in [0, 0.1) is 12.7 Å². The van der Waals surface area contributed by atoms with Gasteiger partial charge >= 0.3 is 0 Å². The number of aryl methyl sites for hydroxylation is 1. The zero-order chi connectivity index (χ0) is 13.1. The van der Waals surface area contributed by atoms with Crippen molar-refractivity contribution in [2.75, 3.05) is 5.32 Å².